The first kappa shape index (κ1) is 26.9. The van der Waals surface area contributed by atoms with Crippen molar-refractivity contribution in [3.8, 4) is 23.0 Å². The summed E-state index contributed by atoms with van der Waals surface area (Å²) in [5.41, 5.74) is 0.317. The molecule has 184 valence electrons. The quantitative estimate of drug-likeness (QED) is 0.235. The predicted octanol–water partition coefficient (Wildman–Crippen LogP) is 6.58. The van der Waals surface area contributed by atoms with Crippen molar-refractivity contribution < 1.29 is 44.3 Å². The molecule has 9 nitrogen and oxygen atoms in total. The number of hydrogen-bond donors (Lipinski definition) is 4. The predicted molar refractivity (Wildman–Crippen MR) is 130 cm³/mol. The third kappa shape index (κ3) is 9.28. The molecule has 4 aromatic carbocycles. The molecule has 0 heterocycles. The van der Waals surface area contributed by atoms with E-state index in [1.165, 1.54) is 12.1 Å². The van der Waals surface area contributed by atoms with E-state index in [4.69, 9.17) is 34.7 Å². The van der Waals surface area contributed by atoms with Crippen LogP contribution in [0.1, 0.15) is 20.7 Å². The average molecular weight is 490 g/mol. The molecule has 0 aliphatic carbocycles. The average Bonchev–Trinajstić information content (AvgIpc) is 2.86. The van der Waals surface area contributed by atoms with Crippen LogP contribution in [0.25, 0.3) is 0 Å². The molecule has 0 radical (unpaired) electrons. The van der Waals surface area contributed by atoms with Crippen LogP contribution in [0.2, 0.25) is 0 Å². The van der Waals surface area contributed by atoms with Crippen LogP contribution < -0.4 is 9.47 Å². The number of aromatic carboxylic acids is 2. The second-order valence-corrected chi connectivity index (χ2v) is 6.72. The van der Waals surface area contributed by atoms with Crippen LogP contribution in [0.3, 0.4) is 0 Å². The molecule has 0 aliphatic heterocycles. The summed E-state index contributed by atoms with van der Waals surface area (Å²) in [6.07, 6.45) is -1.83. The van der Waals surface area contributed by atoms with Gasteiger partial charge in [-0.1, -0.05) is 60.7 Å². The summed E-state index contributed by atoms with van der Waals surface area (Å²) in [4.78, 5) is 30.4. The molecule has 0 bridgehead atoms. The van der Waals surface area contributed by atoms with E-state index in [2.05, 4.69) is 0 Å². The van der Waals surface area contributed by atoms with Gasteiger partial charge in [0.1, 0.15) is 34.1 Å². The van der Waals surface area contributed by atoms with Gasteiger partial charge in [-0.25, -0.2) is 14.4 Å². The Bertz CT molecular complexity index is 1170. The van der Waals surface area contributed by atoms with Crippen molar-refractivity contribution in [1.29, 1.82) is 0 Å². The lowest BCUT2D eigenvalue weighted by molar-refractivity contribution is 0.0683. The molecule has 9 heteroatoms. The largest absolute Gasteiger partial charge is 0.503 e. The first-order valence-corrected chi connectivity index (χ1v) is 10.3. The second kappa shape index (κ2) is 14.1. The molecule has 0 saturated heterocycles. The summed E-state index contributed by atoms with van der Waals surface area (Å²) < 4.78 is 11.0. The summed E-state index contributed by atoms with van der Waals surface area (Å²) in [6.45, 7) is 0. The zero-order valence-electron chi connectivity index (χ0n) is 18.7. The lowest BCUT2D eigenvalue weighted by Gasteiger charge is -2.07. The van der Waals surface area contributed by atoms with E-state index in [0.717, 1.165) is 0 Å². The van der Waals surface area contributed by atoms with Gasteiger partial charge in [0, 0.05) is 0 Å². The monoisotopic (exact) mass is 490 g/mol. The second-order valence-electron chi connectivity index (χ2n) is 6.72. The van der Waals surface area contributed by atoms with Crippen LogP contribution in [-0.4, -0.2) is 38.5 Å². The van der Waals surface area contributed by atoms with Crippen LogP contribution in [0.5, 0.6) is 23.0 Å². The SMILES string of the molecule is O=C(O)O.O=C(O)c1ccccc1Oc1ccccc1.O=C(O)c1ccccc1Oc1ccccc1. The molecule has 0 amide bonds. The Morgan fingerprint density at radius 1 is 0.444 bits per heavy atom. The number of rotatable bonds is 6. The van der Waals surface area contributed by atoms with Gasteiger partial charge in [-0.3, -0.25) is 0 Å². The molecule has 0 atom stereocenters. The Balaban J connectivity index is 0.000000221. The van der Waals surface area contributed by atoms with Gasteiger partial charge in [0.2, 0.25) is 0 Å². The topological polar surface area (TPSA) is 151 Å². The fourth-order valence-corrected chi connectivity index (χ4v) is 2.70. The van der Waals surface area contributed by atoms with Crippen LogP contribution >= 0.6 is 0 Å². The van der Waals surface area contributed by atoms with E-state index in [9.17, 15) is 9.59 Å². The molecule has 4 N–H and O–H groups in total. The molecule has 0 fully saturated rings. The molecule has 0 spiro atoms. The van der Waals surface area contributed by atoms with Crippen LogP contribution in [0.15, 0.2) is 109 Å². The smallest absolute Gasteiger partial charge is 0.478 e. The Kier molecular flexibility index (Phi) is 10.5. The molecular formula is C27H22O9. The third-order valence-electron chi connectivity index (χ3n) is 4.18. The number of hydrogen-bond acceptors (Lipinski definition) is 5. The number of benzene rings is 4. The van der Waals surface area contributed by atoms with E-state index in [1.54, 1.807) is 60.7 Å². The highest BCUT2D eigenvalue weighted by Crippen LogP contribution is 2.25. The number of carboxylic acid groups (broad SMARTS) is 4. The zero-order chi connectivity index (χ0) is 26.3. The van der Waals surface area contributed by atoms with Gasteiger partial charge in [0.15, 0.2) is 0 Å². The minimum absolute atomic E-state index is 0.159. The molecule has 0 aliphatic rings. The molecule has 0 aromatic heterocycles. The van der Waals surface area contributed by atoms with Crippen molar-refractivity contribution in [3.63, 3.8) is 0 Å². The van der Waals surface area contributed by atoms with Gasteiger partial charge >= 0.3 is 18.1 Å². The van der Waals surface area contributed by atoms with Gasteiger partial charge in [-0.15, -0.1) is 0 Å². The summed E-state index contributed by atoms with van der Waals surface area (Å²) in [5.74, 6) is -0.0483. The Morgan fingerprint density at radius 3 is 1.03 bits per heavy atom. The van der Waals surface area contributed by atoms with E-state index < -0.39 is 18.1 Å². The minimum Gasteiger partial charge on any atom is -0.478 e. The molecule has 4 rings (SSSR count). The van der Waals surface area contributed by atoms with Crippen LogP contribution in [0.4, 0.5) is 4.79 Å². The highest BCUT2D eigenvalue weighted by atomic mass is 16.6. The van der Waals surface area contributed by atoms with Gasteiger partial charge in [0.05, 0.1) is 0 Å². The number of para-hydroxylation sites is 4. The number of ether oxygens (including phenoxy) is 2. The zero-order valence-corrected chi connectivity index (χ0v) is 18.7. The first-order valence-electron chi connectivity index (χ1n) is 10.3. The third-order valence-corrected chi connectivity index (χ3v) is 4.18. The maximum absolute atomic E-state index is 10.9. The molecule has 0 unspecified atom stereocenters. The van der Waals surface area contributed by atoms with Gasteiger partial charge in [-0.2, -0.15) is 0 Å². The lowest BCUT2D eigenvalue weighted by atomic mass is 10.2. The van der Waals surface area contributed by atoms with E-state index in [-0.39, 0.29) is 11.1 Å². The molecule has 0 saturated carbocycles. The highest BCUT2D eigenvalue weighted by Gasteiger charge is 2.11. The fourth-order valence-electron chi connectivity index (χ4n) is 2.70. The summed E-state index contributed by atoms with van der Waals surface area (Å²) in [5, 5.41) is 31.9. The number of carbonyl (C=O) groups is 3. The van der Waals surface area contributed by atoms with E-state index >= 15 is 0 Å². The normalized spacial score (nSPS) is 9.33. The standard InChI is InChI=1S/2C13H10O3.CH2O3/c2*14-13(15)11-8-4-5-9-12(11)16-10-6-2-1-3-7-10;2-1(3)4/h2*1-9H,(H,14,15);(H2,2,3,4). The van der Waals surface area contributed by atoms with Crippen molar-refractivity contribution >= 4 is 18.1 Å². The molecule has 36 heavy (non-hydrogen) atoms. The maximum Gasteiger partial charge on any atom is 0.503 e. The van der Waals surface area contributed by atoms with Crippen molar-refractivity contribution in [2.45, 2.75) is 0 Å². The fraction of sp³-hybridized carbons (Fsp3) is 0. The molecule has 4 aromatic rings. The van der Waals surface area contributed by atoms with Crippen molar-refractivity contribution in [2.24, 2.45) is 0 Å². The molecular weight excluding hydrogens is 468 g/mol. The van der Waals surface area contributed by atoms with Crippen LogP contribution in [0, 0.1) is 0 Å². The summed E-state index contributed by atoms with van der Waals surface area (Å²) >= 11 is 0. The van der Waals surface area contributed by atoms with Crippen LogP contribution in [-0.2, 0) is 0 Å². The van der Waals surface area contributed by atoms with E-state index in [0.29, 0.717) is 23.0 Å². The van der Waals surface area contributed by atoms with E-state index in [1.807, 2.05) is 36.4 Å². The summed E-state index contributed by atoms with van der Waals surface area (Å²) in [7, 11) is 0. The highest BCUT2D eigenvalue weighted by molar-refractivity contribution is 5.91. The first-order chi connectivity index (χ1) is 17.3. The van der Waals surface area contributed by atoms with Gasteiger partial charge in [-0.05, 0) is 48.5 Å². The van der Waals surface area contributed by atoms with Crippen molar-refractivity contribution in [3.05, 3.63) is 120 Å². The lowest BCUT2D eigenvalue weighted by Crippen LogP contribution is -1.99. The minimum atomic E-state index is -1.83. The van der Waals surface area contributed by atoms with Gasteiger partial charge < -0.3 is 29.9 Å². The Morgan fingerprint density at radius 2 is 0.722 bits per heavy atom. The maximum atomic E-state index is 10.9. The number of carboxylic acids is 2. The summed E-state index contributed by atoms with van der Waals surface area (Å²) in [6, 6.07) is 31.3. The van der Waals surface area contributed by atoms with Gasteiger partial charge in [0.25, 0.3) is 0 Å². The van der Waals surface area contributed by atoms with Crippen molar-refractivity contribution in [2.75, 3.05) is 0 Å². The Labute approximate surface area is 206 Å². The Hall–Kier alpha value is -5.31. The van der Waals surface area contributed by atoms with Crippen molar-refractivity contribution in [1.82, 2.24) is 0 Å².